The third-order valence-electron chi connectivity index (χ3n) is 8.27. The number of halogens is 3. The second-order valence-electron chi connectivity index (χ2n) is 12.1. The Bertz CT molecular complexity index is 2030. The SMILES string of the molecule is O=C(Cn1c(-c2cccc(Cl)c2)ncc(NC(=O)OCc2ccccc2)c1=O)NC(Cc1ccccc1)C(=O)C(F)(F)C(=O)NCC(=O)N1CCCC1. The van der Waals surface area contributed by atoms with E-state index in [1.807, 2.05) is 5.32 Å². The Morgan fingerprint density at radius 3 is 2.23 bits per heavy atom. The van der Waals surface area contributed by atoms with Crippen LogP contribution in [0.4, 0.5) is 19.3 Å². The van der Waals surface area contributed by atoms with Crippen molar-refractivity contribution in [2.24, 2.45) is 0 Å². The Morgan fingerprint density at radius 1 is 0.906 bits per heavy atom. The molecule has 1 atom stereocenters. The predicted molar refractivity (Wildman–Crippen MR) is 190 cm³/mol. The van der Waals surface area contributed by atoms with Gasteiger partial charge in [0.1, 0.15) is 24.7 Å². The van der Waals surface area contributed by atoms with Gasteiger partial charge < -0.3 is 20.3 Å². The van der Waals surface area contributed by atoms with E-state index in [0.29, 0.717) is 29.8 Å². The molecule has 53 heavy (non-hydrogen) atoms. The molecule has 1 aromatic heterocycles. The fraction of sp³-hybridized carbons (Fsp3) is 0.270. The lowest BCUT2D eigenvalue weighted by Crippen LogP contribution is -2.56. The molecule has 1 aliphatic heterocycles. The number of anilines is 1. The number of ketones is 1. The standard InChI is InChI=1S/C37H35ClF2N6O7/c38-27-15-9-14-26(19-27)33-41-20-29(44-36(52)53-23-25-12-5-2-6-13-25)34(50)46(33)22-30(47)43-28(18-24-10-3-1-4-11-24)32(49)37(39,40)35(51)42-21-31(48)45-16-7-8-17-45/h1-6,9-15,19-20,28H,7-8,16-18,21-23H2,(H,42,51)(H,43,47)(H,44,52). The molecule has 0 spiro atoms. The zero-order chi connectivity index (χ0) is 38.0. The van der Waals surface area contributed by atoms with Crippen LogP contribution in [-0.4, -0.2) is 75.6 Å². The fourth-order valence-electron chi connectivity index (χ4n) is 5.57. The van der Waals surface area contributed by atoms with Gasteiger partial charge >= 0.3 is 12.0 Å². The maximum atomic E-state index is 15.4. The first-order chi connectivity index (χ1) is 25.4. The van der Waals surface area contributed by atoms with Gasteiger partial charge in [0.15, 0.2) is 0 Å². The number of ether oxygens (including phenoxy) is 1. The first kappa shape index (κ1) is 38.3. The summed E-state index contributed by atoms with van der Waals surface area (Å²) in [6, 6.07) is 20.9. The molecule has 1 fully saturated rings. The lowest BCUT2D eigenvalue weighted by molar-refractivity contribution is -0.161. The van der Waals surface area contributed by atoms with Crippen LogP contribution in [0.3, 0.4) is 0 Å². The molecule has 1 aliphatic rings. The number of rotatable bonds is 14. The normalized spacial score (nSPS) is 13.2. The van der Waals surface area contributed by atoms with E-state index in [0.717, 1.165) is 23.6 Å². The molecule has 0 radical (unpaired) electrons. The van der Waals surface area contributed by atoms with Crippen molar-refractivity contribution in [1.29, 1.82) is 0 Å². The minimum absolute atomic E-state index is 0.0748. The van der Waals surface area contributed by atoms with Crippen LogP contribution in [-0.2, 0) is 43.5 Å². The summed E-state index contributed by atoms with van der Waals surface area (Å²) in [5, 5.41) is 6.68. The number of carbonyl (C=O) groups excluding carboxylic acids is 5. The van der Waals surface area contributed by atoms with E-state index in [-0.39, 0.29) is 23.1 Å². The van der Waals surface area contributed by atoms with Gasteiger partial charge in [-0.1, -0.05) is 84.4 Å². The number of hydrogen-bond donors (Lipinski definition) is 3. The van der Waals surface area contributed by atoms with Crippen LogP contribution in [0.15, 0.2) is 95.9 Å². The molecular weight excluding hydrogens is 714 g/mol. The van der Waals surface area contributed by atoms with Crippen molar-refractivity contribution in [2.75, 3.05) is 25.0 Å². The molecule has 16 heteroatoms. The summed E-state index contributed by atoms with van der Waals surface area (Å²) in [6.45, 7) is -0.827. The molecule has 0 bridgehead atoms. The summed E-state index contributed by atoms with van der Waals surface area (Å²) in [6.07, 6.45) is 1.13. The van der Waals surface area contributed by atoms with Gasteiger partial charge in [-0.25, -0.2) is 9.78 Å². The number of benzene rings is 3. The molecule has 2 heterocycles. The summed E-state index contributed by atoms with van der Waals surface area (Å²) in [5.74, 6) is -10.3. The van der Waals surface area contributed by atoms with Gasteiger partial charge in [-0.2, -0.15) is 8.78 Å². The average Bonchev–Trinajstić information content (AvgIpc) is 3.70. The molecule has 13 nitrogen and oxygen atoms in total. The number of Topliss-reactive ketones (excluding diaryl/α,β-unsaturated/α-hetero) is 1. The lowest BCUT2D eigenvalue weighted by Gasteiger charge is -2.24. The number of alkyl halides is 2. The topological polar surface area (TPSA) is 169 Å². The molecular formula is C37H35ClF2N6O7. The highest BCUT2D eigenvalue weighted by Gasteiger charge is 2.50. The fourth-order valence-corrected chi connectivity index (χ4v) is 5.76. The van der Waals surface area contributed by atoms with Crippen LogP contribution < -0.4 is 21.5 Å². The van der Waals surface area contributed by atoms with Crippen molar-refractivity contribution < 1.29 is 37.5 Å². The van der Waals surface area contributed by atoms with Gasteiger partial charge in [-0.05, 0) is 36.1 Å². The minimum Gasteiger partial charge on any atom is -0.444 e. The molecule has 1 saturated heterocycles. The number of hydrogen-bond acceptors (Lipinski definition) is 8. The number of likely N-dealkylation sites (tertiary alicyclic amines) is 1. The average molecular weight is 749 g/mol. The molecule has 276 valence electrons. The number of carbonyl (C=O) groups is 5. The maximum Gasteiger partial charge on any atom is 0.412 e. The molecule has 5 rings (SSSR count). The van der Waals surface area contributed by atoms with Crippen molar-refractivity contribution in [2.45, 2.75) is 44.4 Å². The Labute approximate surface area is 307 Å². The van der Waals surface area contributed by atoms with E-state index in [4.69, 9.17) is 16.3 Å². The molecule has 1 unspecified atom stereocenters. The van der Waals surface area contributed by atoms with Crippen LogP contribution >= 0.6 is 11.6 Å². The maximum absolute atomic E-state index is 15.4. The van der Waals surface area contributed by atoms with E-state index < -0.39 is 66.6 Å². The third kappa shape index (κ3) is 10.1. The van der Waals surface area contributed by atoms with E-state index >= 15 is 8.78 Å². The van der Waals surface area contributed by atoms with Crippen LogP contribution in [0.5, 0.6) is 0 Å². The van der Waals surface area contributed by atoms with Gasteiger partial charge in [-0.3, -0.25) is 33.9 Å². The smallest absolute Gasteiger partial charge is 0.412 e. The van der Waals surface area contributed by atoms with Crippen molar-refractivity contribution in [1.82, 2.24) is 25.1 Å². The summed E-state index contributed by atoms with van der Waals surface area (Å²) in [5.41, 5.74) is 0.0733. The van der Waals surface area contributed by atoms with Crippen molar-refractivity contribution in [3.63, 3.8) is 0 Å². The highest BCUT2D eigenvalue weighted by atomic mass is 35.5. The van der Waals surface area contributed by atoms with Crippen LogP contribution in [0.25, 0.3) is 11.4 Å². The first-order valence-electron chi connectivity index (χ1n) is 16.6. The highest BCUT2D eigenvalue weighted by molar-refractivity contribution is 6.30. The van der Waals surface area contributed by atoms with Crippen molar-refractivity contribution in [3.8, 4) is 11.4 Å². The second kappa shape index (κ2) is 17.5. The number of nitrogens with zero attached hydrogens (tertiary/aromatic N) is 3. The summed E-state index contributed by atoms with van der Waals surface area (Å²) < 4.78 is 36.9. The first-order valence-corrected chi connectivity index (χ1v) is 16.9. The number of amides is 4. The minimum atomic E-state index is -4.65. The second-order valence-corrected chi connectivity index (χ2v) is 12.5. The molecule has 0 saturated carbocycles. The molecule has 0 aliphatic carbocycles. The Balaban J connectivity index is 1.38. The van der Waals surface area contributed by atoms with Gasteiger partial charge in [0, 0.05) is 30.1 Å². The summed E-state index contributed by atoms with van der Waals surface area (Å²) in [7, 11) is 0. The molecule has 4 amide bonds. The van der Waals surface area contributed by atoms with E-state index in [2.05, 4.69) is 15.6 Å². The molecule has 3 N–H and O–H groups in total. The zero-order valence-electron chi connectivity index (χ0n) is 28.2. The summed E-state index contributed by atoms with van der Waals surface area (Å²) >= 11 is 6.17. The van der Waals surface area contributed by atoms with Crippen LogP contribution in [0.1, 0.15) is 24.0 Å². The van der Waals surface area contributed by atoms with Crippen molar-refractivity contribution >= 4 is 46.9 Å². The monoisotopic (exact) mass is 748 g/mol. The number of aromatic nitrogens is 2. The molecule has 4 aromatic rings. The number of nitrogens with one attached hydrogen (secondary N) is 3. The van der Waals surface area contributed by atoms with Crippen molar-refractivity contribution in [3.05, 3.63) is 118 Å². The molecule has 3 aromatic carbocycles. The third-order valence-corrected chi connectivity index (χ3v) is 8.50. The largest absolute Gasteiger partial charge is 0.444 e. The Hall–Kier alpha value is -5.96. The Kier molecular flexibility index (Phi) is 12.6. The van der Waals surface area contributed by atoms with E-state index in [1.54, 1.807) is 66.7 Å². The van der Waals surface area contributed by atoms with Gasteiger partial charge in [0.2, 0.25) is 17.6 Å². The highest BCUT2D eigenvalue weighted by Crippen LogP contribution is 2.22. The predicted octanol–water partition coefficient (Wildman–Crippen LogP) is 3.98. The lowest BCUT2D eigenvalue weighted by atomic mass is 9.98. The van der Waals surface area contributed by atoms with E-state index in [1.165, 1.54) is 23.1 Å². The zero-order valence-corrected chi connectivity index (χ0v) is 29.0. The van der Waals surface area contributed by atoms with Gasteiger partial charge in [0.25, 0.3) is 11.5 Å². The summed E-state index contributed by atoms with van der Waals surface area (Å²) in [4.78, 5) is 83.9. The van der Waals surface area contributed by atoms with Gasteiger partial charge in [0.05, 0.1) is 18.8 Å². The van der Waals surface area contributed by atoms with Crippen LogP contribution in [0.2, 0.25) is 5.02 Å². The van der Waals surface area contributed by atoms with Gasteiger partial charge in [-0.15, -0.1) is 0 Å². The van der Waals surface area contributed by atoms with Crippen LogP contribution in [0, 0.1) is 0 Å². The van der Waals surface area contributed by atoms with E-state index in [9.17, 15) is 28.8 Å². The Morgan fingerprint density at radius 2 is 1.57 bits per heavy atom. The quantitative estimate of drug-likeness (QED) is 0.163.